The van der Waals surface area contributed by atoms with Crippen LogP contribution >= 0.6 is 0 Å². The lowest BCUT2D eigenvalue weighted by molar-refractivity contribution is -0.162. The van der Waals surface area contributed by atoms with E-state index in [-0.39, 0.29) is 51.7 Å². The van der Waals surface area contributed by atoms with E-state index in [1.165, 1.54) is 12.0 Å². The van der Waals surface area contributed by atoms with Crippen LogP contribution in [-0.2, 0) is 40.1 Å². The maximum atomic E-state index is 14.9. The number of aliphatic hydroxyl groups is 1. The number of nitrogens with one attached hydrogen (secondary N) is 1. The van der Waals surface area contributed by atoms with Gasteiger partial charge in [-0.05, 0) is 30.5 Å². The number of amides is 3. The molecule has 2 N–H and O–H groups in total. The average molecular weight is 685 g/mol. The minimum absolute atomic E-state index is 0.0134. The van der Waals surface area contributed by atoms with Crippen LogP contribution in [0.3, 0.4) is 0 Å². The van der Waals surface area contributed by atoms with E-state index in [0.29, 0.717) is 17.5 Å². The van der Waals surface area contributed by atoms with Crippen LogP contribution < -0.4 is 5.32 Å². The molecule has 7 rings (SSSR count). The van der Waals surface area contributed by atoms with Gasteiger partial charge in [0.15, 0.2) is 0 Å². The number of aliphatic hydroxyl groups excluding tert-OH is 1. The van der Waals surface area contributed by atoms with E-state index in [9.17, 15) is 24.3 Å². The van der Waals surface area contributed by atoms with Gasteiger partial charge in [-0.2, -0.15) is 0 Å². The van der Waals surface area contributed by atoms with Crippen LogP contribution in [0.5, 0.6) is 0 Å². The van der Waals surface area contributed by atoms with E-state index in [1.807, 2.05) is 54.6 Å². The first kappa shape index (κ1) is 33.6. The van der Waals surface area contributed by atoms with E-state index in [4.69, 9.17) is 14.2 Å². The molecule has 14 nitrogen and oxygen atoms in total. The lowest BCUT2D eigenvalue weighted by Crippen LogP contribution is -2.56. The topological polar surface area (TPSA) is 165 Å². The number of para-hydroxylation sites is 1. The quantitative estimate of drug-likeness (QED) is 0.263. The number of hydrogen-bond donors (Lipinski definition) is 2. The third kappa shape index (κ3) is 5.97. The van der Waals surface area contributed by atoms with Gasteiger partial charge < -0.3 is 34.4 Å². The van der Waals surface area contributed by atoms with Gasteiger partial charge in [-0.1, -0.05) is 72.0 Å². The first-order valence-electron chi connectivity index (χ1n) is 16.9. The summed E-state index contributed by atoms with van der Waals surface area (Å²) in [4.78, 5) is 59.8. The molecule has 1 spiro atoms. The van der Waals surface area contributed by atoms with Crippen molar-refractivity contribution in [2.24, 2.45) is 11.8 Å². The summed E-state index contributed by atoms with van der Waals surface area (Å²) in [5.41, 5.74) is 0.580. The number of allylic oxidation sites excluding steroid dienone is 1. The molecular weight excluding hydrogens is 644 g/mol. The van der Waals surface area contributed by atoms with Crippen molar-refractivity contribution >= 4 is 34.7 Å². The zero-order valence-electron chi connectivity index (χ0n) is 27.7. The van der Waals surface area contributed by atoms with Gasteiger partial charge in [-0.25, -0.2) is 4.68 Å². The molecule has 1 aromatic heterocycles. The molecule has 2 aromatic carbocycles. The number of rotatable bonds is 8. The van der Waals surface area contributed by atoms with Crippen molar-refractivity contribution in [3.8, 4) is 0 Å². The van der Waals surface area contributed by atoms with Gasteiger partial charge in [0.2, 0.25) is 11.8 Å². The Morgan fingerprint density at radius 2 is 1.84 bits per heavy atom. The molecule has 5 heterocycles. The summed E-state index contributed by atoms with van der Waals surface area (Å²) in [6, 6.07) is 14.6. The molecule has 4 aliphatic heterocycles. The fourth-order valence-corrected chi connectivity index (χ4v) is 7.70. The number of aromatic nitrogens is 3. The molecule has 0 radical (unpaired) electrons. The first-order chi connectivity index (χ1) is 24.4. The highest BCUT2D eigenvalue weighted by Gasteiger charge is 2.73. The van der Waals surface area contributed by atoms with Crippen LogP contribution in [0.2, 0.25) is 0 Å². The molecule has 2 saturated heterocycles. The Labute approximate surface area is 288 Å². The third-order valence-electron chi connectivity index (χ3n) is 9.93. The Hall–Kier alpha value is -4.92. The molecule has 3 amide bonds. The zero-order valence-corrected chi connectivity index (χ0v) is 27.7. The van der Waals surface area contributed by atoms with Gasteiger partial charge in [0.25, 0.3) is 5.91 Å². The molecule has 4 aliphatic rings. The summed E-state index contributed by atoms with van der Waals surface area (Å²) in [6.07, 6.45) is 6.09. The predicted molar refractivity (Wildman–Crippen MR) is 178 cm³/mol. The molecule has 262 valence electrons. The number of methoxy groups -OCH3 is 1. The van der Waals surface area contributed by atoms with Gasteiger partial charge in [0, 0.05) is 33.2 Å². The van der Waals surface area contributed by atoms with Crippen molar-refractivity contribution in [1.29, 1.82) is 0 Å². The first-order valence-corrected chi connectivity index (χ1v) is 16.9. The molecule has 0 aliphatic carbocycles. The Kier molecular flexibility index (Phi) is 9.49. The Morgan fingerprint density at radius 3 is 2.64 bits per heavy atom. The number of carbonyl (C=O) groups is 4. The molecule has 3 aromatic rings. The van der Waals surface area contributed by atoms with Gasteiger partial charge in [0.1, 0.15) is 35.9 Å². The lowest BCUT2D eigenvalue weighted by Gasteiger charge is -2.35. The van der Waals surface area contributed by atoms with Crippen molar-refractivity contribution in [3.63, 3.8) is 0 Å². The second-order valence-corrected chi connectivity index (χ2v) is 13.0. The third-order valence-corrected chi connectivity index (χ3v) is 9.93. The number of benzene rings is 2. The van der Waals surface area contributed by atoms with Crippen molar-refractivity contribution < 1.29 is 38.5 Å². The number of likely N-dealkylation sites (tertiary alicyclic amines) is 1. The number of esters is 1. The smallest absolute Gasteiger partial charge is 0.313 e. The summed E-state index contributed by atoms with van der Waals surface area (Å²) in [5, 5.41) is 21.3. The summed E-state index contributed by atoms with van der Waals surface area (Å²) in [7, 11) is 1.50. The minimum Gasteiger partial charge on any atom is -0.455 e. The van der Waals surface area contributed by atoms with Crippen LogP contribution in [0.25, 0.3) is 11.0 Å². The largest absolute Gasteiger partial charge is 0.455 e. The fraction of sp³-hybridized carbons (Fsp3) is 0.444. The van der Waals surface area contributed by atoms with Crippen LogP contribution in [0.4, 0.5) is 0 Å². The van der Waals surface area contributed by atoms with Crippen molar-refractivity contribution in [1.82, 2.24) is 30.1 Å². The fourth-order valence-electron chi connectivity index (χ4n) is 7.70. The molecule has 5 bridgehead atoms. The molecule has 0 saturated carbocycles. The van der Waals surface area contributed by atoms with Gasteiger partial charge in [-0.15, -0.1) is 5.10 Å². The van der Waals surface area contributed by atoms with Gasteiger partial charge in [0.05, 0.1) is 30.2 Å². The molecular formula is C36H40N6O8. The maximum absolute atomic E-state index is 14.9. The number of fused-ring (bicyclic) bond motifs is 3. The number of ether oxygens (including phenoxy) is 3. The van der Waals surface area contributed by atoms with Gasteiger partial charge in [-0.3, -0.25) is 19.2 Å². The van der Waals surface area contributed by atoms with E-state index < -0.39 is 59.5 Å². The number of nitrogens with zero attached hydrogens (tertiary/aromatic N) is 5. The lowest BCUT2D eigenvalue weighted by atomic mass is 9.74. The van der Waals surface area contributed by atoms with Crippen LogP contribution in [0.15, 0.2) is 78.9 Å². The summed E-state index contributed by atoms with van der Waals surface area (Å²) >= 11 is 0. The maximum Gasteiger partial charge on any atom is 0.313 e. The monoisotopic (exact) mass is 684 g/mol. The standard InChI is InChI=1S/C36H40N6O8/c1-48-21-25-31(23-11-4-2-5-12-23)49-35(47)29-27-16-17-36(50-27)30(29)33(45)41(19-10-20-43)32(36)34(46)40(18-9-3-6-15-28(44)37-25)22-42-26-14-8-7-13-24(26)38-39-42/h2-5,7-9,11-14,16-17,25,27,29-32,43H,6,10,15,18-22H2,1H3,(H,37,44)/b9-3-/t25-,27+,29-,30-,31-,32+,36-/m1/s1. The molecule has 7 atom stereocenters. The number of cyclic esters (lactones) is 1. The molecule has 50 heavy (non-hydrogen) atoms. The van der Waals surface area contributed by atoms with Crippen LogP contribution in [-0.4, -0.2) is 111 Å². The van der Waals surface area contributed by atoms with E-state index >= 15 is 0 Å². The molecule has 0 unspecified atom stereocenters. The normalized spacial score (nSPS) is 30.5. The van der Waals surface area contributed by atoms with Crippen LogP contribution in [0.1, 0.15) is 30.9 Å². The van der Waals surface area contributed by atoms with E-state index in [2.05, 4.69) is 15.6 Å². The zero-order chi connectivity index (χ0) is 34.8. The minimum atomic E-state index is -1.44. The Morgan fingerprint density at radius 1 is 1.04 bits per heavy atom. The second-order valence-electron chi connectivity index (χ2n) is 13.0. The highest BCUT2D eigenvalue weighted by atomic mass is 16.6. The molecule has 14 heteroatoms. The van der Waals surface area contributed by atoms with Gasteiger partial charge >= 0.3 is 5.97 Å². The highest BCUT2D eigenvalue weighted by molar-refractivity contribution is 5.99. The number of carbonyl (C=O) groups excluding carboxylic acids is 4. The second kappa shape index (κ2) is 14.1. The summed E-state index contributed by atoms with van der Waals surface area (Å²) < 4.78 is 19.9. The predicted octanol–water partition coefficient (Wildman–Crippen LogP) is 1.52. The Balaban J connectivity index is 1.30. The van der Waals surface area contributed by atoms with Crippen molar-refractivity contribution in [2.45, 2.75) is 55.8 Å². The summed E-state index contributed by atoms with van der Waals surface area (Å²) in [6.45, 7) is 0.0884. The molecule has 2 fully saturated rings. The Bertz CT molecular complexity index is 1810. The SMILES string of the molecule is COC[C@H]1NC(=O)CC/C=C\CN(Cn2nnc3ccccc32)C(=O)[C@@H]2N(CCCO)C(=O)[C@H]3[C@H](C(=O)O[C@@H]1c1ccccc1)[C@@H]1C=C[C@]23O1. The number of hydrogen-bond acceptors (Lipinski definition) is 10. The highest BCUT2D eigenvalue weighted by Crippen LogP contribution is 2.56. The van der Waals surface area contributed by atoms with E-state index in [1.54, 1.807) is 33.9 Å². The van der Waals surface area contributed by atoms with E-state index in [0.717, 1.165) is 5.52 Å². The summed E-state index contributed by atoms with van der Waals surface area (Å²) in [5.74, 6) is -3.90. The average Bonchev–Trinajstić information content (AvgIpc) is 3.88. The van der Waals surface area contributed by atoms with Crippen LogP contribution in [0, 0.1) is 11.8 Å². The van der Waals surface area contributed by atoms with Crippen molar-refractivity contribution in [2.75, 3.05) is 33.4 Å². The van der Waals surface area contributed by atoms with Crippen molar-refractivity contribution in [3.05, 3.63) is 84.5 Å².